The van der Waals surface area contributed by atoms with Gasteiger partial charge in [0.05, 0.1) is 36.6 Å². The maximum Gasteiger partial charge on any atom is 0.305 e. The minimum absolute atomic E-state index is 0.202. The lowest BCUT2D eigenvalue weighted by atomic mass is 10.0. The summed E-state index contributed by atoms with van der Waals surface area (Å²) in [6, 6.07) is 19.5. The molecule has 0 saturated heterocycles. The fraction of sp³-hybridized carbons (Fsp3) is 0.182. The smallest absolute Gasteiger partial charge is 0.305 e. The van der Waals surface area contributed by atoms with Crippen LogP contribution in [0.1, 0.15) is 23.6 Å². The molecule has 0 amide bonds. The molecule has 0 spiro atoms. The number of carbonyl (C=O) groups is 1. The first-order chi connectivity index (χ1) is 14.0. The molecule has 2 N–H and O–H groups in total. The van der Waals surface area contributed by atoms with Crippen molar-refractivity contribution >= 4 is 17.3 Å². The lowest BCUT2D eigenvalue weighted by Gasteiger charge is -2.19. The zero-order valence-corrected chi connectivity index (χ0v) is 17.0. The van der Waals surface area contributed by atoms with Crippen LogP contribution in [0, 0.1) is 6.92 Å². The zero-order valence-electron chi connectivity index (χ0n) is 16.2. The van der Waals surface area contributed by atoms with Crippen LogP contribution >= 0.6 is 0 Å². The van der Waals surface area contributed by atoms with E-state index in [2.05, 4.69) is 9.71 Å². The third-order valence-corrected chi connectivity index (χ3v) is 5.58. The van der Waals surface area contributed by atoms with E-state index in [4.69, 9.17) is 4.74 Å². The molecular formula is C22H22N2O4S. The number of nitrogens with zero attached hydrogens (tertiary/aromatic N) is 1. The number of aromatic nitrogens is 1. The Hall–Kier alpha value is -2.87. The van der Waals surface area contributed by atoms with Crippen molar-refractivity contribution in [1.29, 1.82) is 0 Å². The average Bonchev–Trinajstić information content (AvgIpc) is 2.73. The molecule has 2 atom stereocenters. The van der Waals surface area contributed by atoms with Crippen molar-refractivity contribution in [2.24, 2.45) is 0 Å². The van der Waals surface area contributed by atoms with Crippen LogP contribution in [-0.2, 0) is 16.2 Å². The fourth-order valence-corrected chi connectivity index (χ4v) is 3.86. The van der Waals surface area contributed by atoms with E-state index in [1.807, 2.05) is 55.5 Å². The van der Waals surface area contributed by atoms with E-state index in [1.165, 1.54) is 0 Å². The summed E-state index contributed by atoms with van der Waals surface area (Å²) in [6.45, 7) is 1.95. The van der Waals surface area contributed by atoms with Gasteiger partial charge in [-0.3, -0.25) is 4.79 Å². The second-order valence-electron chi connectivity index (χ2n) is 6.54. The number of hydrogen-bond donors (Lipinski definition) is 2. The van der Waals surface area contributed by atoms with Gasteiger partial charge in [0, 0.05) is 11.6 Å². The van der Waals surface area contributed by atoms with Crippen molar-refractivity contribution in [3.8, 4) is 17.1 Å². The van der Waals surface area contributed by atoms with Gasteiger partial charge in [0.2, 0.25) is 5.88 Å². The first-order valence-corrected chi connectivity index (χ1v) is 10.2. The number of ether oxygens (including phenoxy) is 1. The normalized spacial score (nSPS) is 12.9. The molecule has 0 aliphatic carbocycles. The Morgan fingerprint density at radius 3 is 2.59 bits per heavy atom. The Kier molecular flexibility index (Phi) is 6.87. The molecule has 0 radical (unpaired) electrons. The molecule has 3 rings (SSSR count). The van der Waals surface area contributed by atoms with Gasteiger partial charge in [0.15, 0.2) is 4.90 Å². The second-order valence-corrected chi connectivity index (χ2v) is 7.79. The van der Waals surface area contributed by atoms with Crippen LogP contribution < -0.4 is 9.46 Å². The number of nitrogens with one attached hydrogen (secondary N) is 1. The molecule has 6 nitrogen and oxygen atoms in total. The summed E-state index contributed by atoms with van der Waals surface area (Å²) < 4.78 is 20.9. The maximum absolute atomic E-state index is 12.7. The number of pyridine rings is 1. The molecule has 1 heterocycles. The van der Waals surface area contributed by atoms with Crippen LogP contribution in [-0.4, -0.2) is 27.7 Å². The van der Waals surface area contributed by atoms with Crippen LogP contribution in [0.4, 0.5) is 0 Å². The lowest BCUT2D eigenvalue weighted by molar-refractivity contribution is -0.137. The molecule has 0 fully saturated rings. The summed E-state index contributed by atoms with van der Waals surface area (Å²) in [5.41, 5.74) is 3.31. The van der Waals surface area contributed by atoms with Gasteiger partial charge in [0.1, 0.15) is 0 Å². The van der Waals surface area contributed by atoms with Gasteiger partial charge in [-0.25, -0.2) is 4.98 Å². The van der Waals surface area contributed by atoms with E-state index < -0.39 is 23.4 Å². The number of hydrogen-bond acceptors (Lipinski definition) is 5. The summed E-state index contributed by atoms with van der Waals surface area (Å²) in [5.74, 6) is -0.484. The summed E-state index contributed by atoms with van der Waals surface area (Å²) >= 11 is -1.54. The van der Waals surface area contributed by atoms with Crippen molar-refractivity contribution < 1.29 is 19.2 Å². The van der Waals surface area contributed by atoms with Crippen molar-refractivity contribution in [1.82, 2.24) is 9.71 Å². The van der Waals surface area contributed by atoms with Crippen LogP contribution in [0.15, 0.2) is 71.6 Å². The van der Waals surface area contributed by atoms with Gasteiger partial charge < -0.3 is 14.4 Å². The SMILES string of the molecule is COc1cccc(-c2cccc([C@H](CC(=O)O)N[S@+]([O-])c3ccc(C)cc3)c2)n1. The molecule has 2 aromatic carbocycles. The van der Waals surface area contributed by atoms with Gasteiger partial charge in [-0.05, 0) is 36.8 Å². The van der Waals surface area contributed by atoms with Gasteiger partial charge in [0.25, 0.3) is 0 Å². The number of rotatable bonds is 8. The van der Waals surface area contributed by atoms with E-state index in [0.29, 0.717) is 16.5 Å². The van der Waals surface area contributed by atoms with E-state index in [9.17, 15) is 14.5 Å². The molecular weight excluding hydrogens is 388 g/mol. The quantitative estimate of drug-likeness (QED) is 0.547. The van der Waals surface area contributed by atoms with Crippen LogP contribution in [0.5, 0.6) is 5.88 Å². The van der Waals surface area contributed by atoms with Gasteiger partial charge in [-0.1, -0.05) is 42.0 Å². The predicted molar refractivity (Wildman–Crippen MR) is 112 cm³/mol. The monoisotopic (exact) mass is 410 g/mol. The number of aliphatic carboxylic acids is 1. The Labute approximate surface area is 172 Å². The molecule has 0 unspecified atom stereocenters. The Morgan fingerprint density at radius 1 is 1.17 bits per heavy atom. The topological polar surface area (TPSA) is 94.5 Å². The minimum atomic E-state index is -1.54. The molecule has 29 heavy (non-hydrogen) atoms. The van der Waals surface area contributed by atoms with Crippen molar-refractivity contribution in [3.05, 3.63) is 77.9 Å². The molecule has 3 aromatic rings. The molecule has 0 saturated carbocycles. The Bertz CT molecular complexity index is 979. The number of carboxylic acid groups (broad SMARTS) is 1. The molecule has 150 valence electrons. The highest BCUT2D eigenvalue weighted by Gasteiger charge is 2.23. The molecule has 1 aromatic heterocycles. The van der Waals surface area contributed by atoms with Crippen LogP contribution in [0.25, 0.3) is 11.3 Å². The van der Waals surface area contributed by atoms with Gasteiger partial charge >= 0.3 is 5.97 Å². The van der Waals surface area contributed by atoms with Crippen LogP contribution in [0.2, 0.25) is 0 Å². The first-order valence-electron chi connectivity index (χ1n) is 9.04. The maximum atomic E-state index is 12.7. The van der Waals surface area contributed by atoms with E-state index in [0.717, 1.165) is 16.7 Å². The standard InChI is InChI=1S/C22H22N2O4S/c1-15-9-11-18(12-10-15)29(27)24-20(14-22(25)26)17-6-3-5-16(13-17)19-7-4-8-21(23-19)28-2/h3-13,20,24H,14H2,1-2H3,(H,25,26)/t20-,29+/m0/s1. The number of methoxy groups -OCH3 is 1. The highest BCUT2D eigenvalue weighted by Crippen LogP contribution is 2.26. The number of benzene rings is 2. The van der Waals surface area contributed by atoms with Crippen molar-refractivity contribution in [2.75, 3.05) is 7.11 Å². The largest absolute Gasteiger partial charge is 0.593 e. The van der Waals surface area contributed by atoms with Crippen molar-refractivity contribution in [2.45, 2.75) is 24.3 Å². The Morgan fingerprint density at radius 2 is 1.90 bits per heavy atom. The van der Waals surface area contributed by atoms with Crippen LogP contribution in [0.3, 0.4) is 0 Å². The van der Waals surface area contributed by atoms with Crippen molar-refractivity contribution in [3.63, 3.8) is 0 Å². The highest BCUT2D eigenvalue weighted by atomic mass is 32.2. The highest BCUT2D eigenvalue weighted by molar-refractivity contribution is 7.89. The van der Waals surface area contributed by atoms with E-state index in [1.54, 1.807) is 25.3 Å². The molecule has 7 heteroatoms. The zero-order chi connectivity index (χ0) is 20.8. The minimum Gasteiger partial charge on any atom is -0.593 e. The molecule has 0 bridgehead atoms. The number of carboxylic acids is 1. The summed E-state index contributed by atoms with van der Waals surface area (Å²) in [5, 5.41) is 9.35. The van der Waals surface area contributed by atoms with E-state index in [-0.39, 0.29) is 6.42 Å². The summed E-state index contributed by atoms with van der Waals surface area (Å²) in [7, 11) is 1.55. The number of aryl methyl sites for hydroxylation is 1. The summed E-state index contributed by atoms with van der Waals surface area (Å²) in [4.78, 5) is 16.4. The average molecular weight is 410 g/mol. The Balaban J connectivity index is 1.88. The third kappa shape index (κ3) is 5.57. The molecule has 0 aliphatic heterocycles. The molecule has 0 aliphatic rings. The van der Waals surface area contributed by atoms with Gasteiger partial charge in [-0.2, -0.15) is 0 Å². The second kappa shape index (κ2) is 9.56. The first kappa shape index (κ1) is 20.9. The van der Waals surface area contributed by atoms with E-state index >= 15 is 0 Å². The predicted octanol–water partition coefficient (Wildman–Crippen LogP) is 3.89. The third-order valence-electron chi connectivity index (χ3n) is 4.38. The van der Waals surface area contributed by atoms with Gasteiger partial charge in [-0.15, -0.1) is 4.72 Å². The summed E-state index contributed by atoms with van der Waals surface area (Å²) in [6.07, 6.45) is -0.202. The lowest BCUT2D eigenvalue weighted by Crippen LogP contribution is -2.30. The fourth-order valence-electron chi connectivity index (χ4n) is 2.87.